The van der Waals surface area contributed by atoms with Crippen molar-refractivity contribution in [3.63, 3.8) is 0 Å². The molecule has 1 aromatic carbocycles. The number of benzene rings is 1. The fraction of sp³-hybridized carbons (Fsp3) is 0.467. The molecule has 0 bridgehead atoms. The molecule has 1 fully saturated rings. The van der Waals surface area contributed by atoms with Crippen molar-refractivity contribution in [2.75, 3.05) is 0 Å². The van der Waals surface area contributed by atoms with Crippen LogP contribution >= 0.6 is 0 Å². The zero-order chi connectivity index (χ0) is 14.7. The van der Waals surface area contributed by atoms with E-state index >= 15 is 0 Å². The third-order valence-corrected chi connectivity index (χ3v) is 3.71. The first-order chi connectivity index (χ1) is 9.47. The van der Waals surface area contributed by atoms with Crippen molar-refractivity contribution in [3.8, 4) is 0 Å². The topological polar surface area (TPSA) is 66.4 Å². The lowest BCUT2D eigenvalue weighted by Crippen LogP contribution is -2.34. The molecule has 1 saturated carbocycles. The molecule has 1 aliphatic rings. The van der Waals surface area contributed by atoms with Gasteiger partial charge in [0, 0.05) is 5.92 Å². The smallest absolute Gasteiger partial charge is 0.305 e. The molecule has 20 heavy (non-hydrogen) atoms. The Kier molecular flexibility index (Phi) is 4.37. The van der Waals surface area contributed by atoms with Crippen molar-refractivity contribution in [3.05, 3.63) is 35.6 Å². The number of carbonyl (C=O) groups excluding carboxylic acids is 1. The van der Waals surface area contributed by atoms with Gasteiger partial charge in [-0.3, -0.25) is 9.59 Å². The summed E-state index contributed by atoms with van der Waals surface area (Å²) in [6.07, 6.45) is 1.89. The Balaban J connectivity index is 2.08. The van der Waals surface area contributed by atoms with Crippen molar-refractivity contribution < 1.29 is 19.1 Å². The van der Waals surface area contributed by atoms with Crippen LogP contribution in [0.2, 0.25) is 0 Å². The largest absolute Gasteiger partial charge is 0.481 e. The summed E-state index contributed by atoms with van der Waals surface area (Å²) in [5, 5.41) is 11.7. The number of nitrogens with one attached hydrogen (secondary N) is 1. The first-order valence-corrected chi connectivity index (χ1v) is 6.75. The Hall–Kier alpha value is -1.91. The van der Waals surface area contributed by atoms with Gasteiger partial charge in [0.1, 0.15) is 5.82 Å². The Morgan fingerprint density at radius 3 is 2.45 bits per heavy atom. The molecule has 2 unspecified atom stereocenters. The molecule has 0 radical (unpaired) electrons. The van der Waals surface area contributed by atoms with Crippen LogP contribution in [0.5, 0.6) is 0 Å². The summed E-state index contributed by atoms with van der Waals surface area (Å²) in [6, 6.07) is 4.92. The van der Waals surface area contributed by atoms with E-state index in [4.69, 9.17) is 5.11 Å². The molecule has 0 aromatic heterocycles. The Labute approximate surface area is 117 Å². The van der Waals surface area contributed by atoms with E-state index in [0.29, 0.717) is 11.5 Å². The number of halogens is 1. The molecule has 0 saturated heterocycles. The maximum atomic E-state index is 12.9. The summed E-state index contributed by atoms with van der Waals surface area (Å²) in [5.41, 5.74) is 0.602. The van der Waals surface area contributed by atoms with Crippen molar-refractivity contribution in [2.45, 2.75) is 32.2 Å². The van der Waals surface area contributed by atoms with Crippen molar-refractivity contribution in [1.29, 1.82) is 0 Å². The van der Waals surface area contributed by atoms with E-state index < -0.39 is 12.0 Å². The summed E-state index contributed by atoms with van der Waals surface area (Å²) in [5.74, 6) is -1.22. The minimum Gasteiger partial charge on any atom is -0.481 e. The molecule has 108 valence electrons. The zero-order valence-electron chi connectivity index (χ0n) is 11.3. The zero-order valence-corrected chi connectivity index (χ0v) is 11.3. The molecule has 0 spiro atoms. The number of hydrogen-bond donors (Lipinski definition) is 2. The molecule has 4 nitrogen and oxygen atoms in total. The molecule has 2 atom stereocenters. The van der Waals surface area contributed by atoms with E-state index in [0.717, 1.165) is 12.8 Å². The van der Waals surface area contributed by atoms with E-state index in [2.05, 4.69) is 5.32 Å². The van der Waals surface area contributed by atoms with Crippen LogP contribution in [0.3, 0.4) is 0 Å². The van der Waals surface area contributed by atoms with Crippen molar-refractivity contribution in [2.24, 2.45) is 11.8 Å². The van der Waals surface area contributed by atoms with Gasteiger partial charge in [-0.15, -0.1) is 0 Å². The summed E-state index contributed by atoms with van der Waals surface area (Å²) < 4.78 is 12.9. The number of amides is 1. The molecule has 1 aliphatic carbocycles. The minimum atomic E-state index is -1.00. The second-order valence-corrected chi connectivity index (χ2v) is 5.34. The summed E-state index contributed by atoms with van der Waals surface area (Å²) >= 11 is 0. The molecular weight excluding hydrogens is 261 g/mol. The van der Waals surface area contributed by atoms with Crippen LogP contribution in [0.15, 0.2) is 24.3 Å². The maximum Gasteiger partial charge on any atom is 0.305 e. The second-order valence-electron chi connectivity index (χ2n) is 5.34. The van der Waals surface area contributed by atoms with Gasteiger partial charge in [0.15, 0.2) is 0 Å². The number of hydrogen-bond acceptors (Lipinski definition) is 2. The van der Waals surface area contributed by atoms with E-state index in [1.165, 1.54) is 24.3 Å². The highest BCUT2D eigenvalue weighted by Gasteiger charge is 2.33. The maximum absolute atomic E-state index is 12.9. The lowest BCUT2D eigenvalue weighted by atomic mass is 10.0. The minimum absolute atomic E-state index is 0.105. The van der Waals surface area contributed by atoms with Gasteiger partial charge in [-0.1, -0.05) is 19.1 Å². The predicted molar refractivity (Wildman–Crippen MR) is 71.4 cm³/mol. The number of rotatable bonds is 6. The first-order valence-electron chi connectivity index (χ1n) is 6.75. The third kappa shape index (κ3) is 3.79. The normalized spacial score (nSPS) is 17.3. The fourth-order valence-electron chi connectivity index (χ4n) is 2.24. The Bertz CT molecular complexity index is 496. The third-order valence-electron chi connectivity index (χ3n) is 3.71. The van der Waals surface area contributed by atoms with Crippen LogP contribution in [0.25, 0.3) is 0 Å². The highest BCUT2D eigenvalue weighted by atomic mass is 19.1. The Morgan fingerprint density at radius 1 is 1.35 bits per heavy atom. The summed E-state index contributed by atoms with van der Waals surface area (Å²) in [7, 11) is 0. The number of aliphatic carboxylic acids is 1. The van der Waals surface area contributed by atoms with Gasteiger partial charge in [0.05, 0.1) is 12.5 Å². The number of carboxylic acids is 1. The molecule has 2 rings (SSSR count). The molecule has 1 aromatic rings. The van der Waals surface area contributed by atoms with Gasteiger partial charge in [0.2, 0.25) is 5.91 Å². The average molecular weight is 279 g/mol. The van der Waals surface area contributed by atoms with Crippen LogP contribution in [0.4, 0.5) is 4.39 Å². The van der Waals surface area contributed by atoms with Crippen molar-refractivity contribution >= 4 is 11.9 Å². The lowest BCUT2D eigenvalue weighted by molar-refractivity contribution is -0.138. The highest BCUT2D eigenvalue weighted by molar-refractivity contribution is 5.80. The summed E-state index contributed by atoms with van der Waals surface area (Å²) in [4.78, 5) is 23.0. The van der Waals surface area contributed by atoms with Crippen LogP contribution < -0.4 is 5.32 Å². The molecule has 5 heteroatoms. The van der Waals surface area contributed by atoms with Crippen molar-refractivity contribution in [1.82, 2.24) is 5.32 Å². The highest BCUT2D eigenvalue weighted by Crippen LogP contribution is 2.37. The number of carbonyl (C=O) groups is 2. The Morgan fingerprint density at radius 2 is 1.95 bits per heavy atom. The standard InChI is InChI=1S/C15H18FNO3/c1-9(10-2-3-10)15(20)17-13(8-14(18)19)11-4-6-12(16)7-5-11/h4-7,9-10,13H,2-3,8H2,1H3,(H,17,20)(H,18,19). The van der Waals surface area contributed by atoms with E-state index in [1.807, 2.05) is 6.92 Å². The van der Waals surface area contributed by atoms with Gasteiger partial charge in [-0.05, 0) is 36.5 Å². The second kappa shape index (κ2) is 6.03. The predicted octanol–water partition coefficient (Wildman–Crippen LogP) is 2.50. The van der Waals surface area contributed by atoms with Crippen LogP contribution in [0.1, 0.15) is 37.8 Å². The van der Waals surface area contributed by atoms with Gasteiger partial charge in [-0.25, -0.2) is 4.39 Å². The average Bonchev–Trinajstić information content (AvgIpc) is 3.21. The number of carboxylic acid groups (broad SMARTS) is 1. The fourth-order valence-corrected chi connectivity index (χ4v) is 2.24. The molecular formula is C15H18FNO3. The van der Waals surface area contributed by atoms with Gasteiger partial charge in [0.25, 0.3) is 0 Å². The molecule has 2 N–H and O–H groups in total. The van der Waals surface area contributed by atoms with E-state index in [-0.39, 0.29) is 24.1 Å². The lowest BCUT2D eigenvalue weighted by Gasteiger charge is -2.20. The van der Waals surface area contributed by atoms with Gasteiger partial charge < -0.3 is 10.4 Å². The molecule has 1 amide bonds. The van der Waals surface area contributed by atoms with Gasteiger partial charge >= 0.3 is 5.97 Å². The quantitative estimate of drug-likeness (QED) is 0.840. The SMILES string of the molecule is CC(C(=O)NC(CC(=O)O)c1ccc(F)cc1)C1CC1. The molecule has 0 heterocycles. The van der Waals surface area contributed by atoms with E-state index in [1.54, 1.807) is 0 Å². The first kappa shape index (κ1) is 14.5. The monoisotopic (exact) mass is 279 g/mol. The van der Waals surface area contributed by atoms with Crippen LogP contribution in [0, 0.1) is 17.7 Å². The van der Waals surface area contributed by atoms with E-state index in [9.17, 15) is 14.0 Å². The van der Waals surface area contributed by atoms with Crippen LogP contribution in [-0.2, 0) is 9.59 Å². The van der Waals surface area contributed by atoms with Gasteiger partial charge in [-0.2, -0.15) is 0 Å². The van der Waals surface area contributed by atoms with Crippen LogP contribution in [-0.4, -0.2) is 17.0 Å². The summed E-state index contributed by atoms with van der Waals surface area (Å²) in [6.45, 7) is 1.86. The molecule has 0 aliphatic heterocycles.